The van der Waals surface area contributed by atoms with Gasteiger partial charge in [0.25, 0.3) is 0 Å². The number of allylic oxidation sites excluding steroid dienone is 2. The van der Waals surface area contributed by atoms with Gasteiger partial charge in [-0.05, 0) is 26.3 Å². The van der Waals surface area contributed by atoms with Crippen LogP contribution in [-0.2, 0) is 23.9 Å². The van der Waals surface area contributed by atoms with E-state index in [0.717, 1.165) is 0 Å². The Kier molecular flexibility index (Phi) is 5.72. The fourth-order valence-corrected chi connectivity index (χ4v) is 2.70. The Hall–Kier alpha value is -1.17. The first-order valence-electron chi connectivity index (χ1n) is 6.15. The zero-order valence-electron chi connectivity index (χ0n) is 11.0. The van der Waals surface area contributed by atoms with E-state index in [1.807, 2.05) is 0 Å². The van der Waals surface area contributed by atoms with Crippen molar-refractivity contribution in [1.82, 2.24) is 0 Å². The predicted octanol–water partition coefficient (Wildman–Crippen LogP) is 1.78. The number of hydrogen-bond acceptors (Lipinski definition) is 5. The van der Waals surface area contributed by atoms with Crippen molar-refractivity contribution >= 4 is 33.7 Å². The molecule has 1 aliphatic carbocycles. The molecule has 2 atom stereocenters. The molecule has 0 aromatic rings. The van der Waals surface area contributed by atoms with Gasteiger partial charge in [-0.15, -0.1) is 0 Å². The molecule has 0 radical (unpaired) electrons. The van der Waals surface area contributed by atoms with Crippen LogP contribution in [0.15, 0.2) is 12.2 Å². The smallest absolute Gasteiger partial charge is 0.320 e. The van der Waals surface area contributed by atoms with Crippen molar-refractivity contribution in [2.45, 2.75) is 31.5 Å². The molecule has 0 aromatic carbocycles. The molecule has 0 saturated heterocycles. The summed E-state index contributed by atoms with van der Waals surface area (Å²) in [4.78, 5) is 35.7. The number of esters is 2. The van der Waals surface area contributed by atoms with Crippen molar-refractivity contribution in [3.8, 4) is 0 Å². The second kappa shape index (κ2) is 6.84. The van der Waals surface area contributed by atoms with Gasteiger partial charge in [-0.2, -0.15) is 0 Å². The quantitative estimate of drug-likeness (QED) is 0.436. The summed E-state index contributed by atoms with van der Waals surface area (Å²) >= 11 is 3.34. The average Bonchev–Trinajstić information content (AvgIpc) is 2.34. The number of ether oxygens (including phenoxy) is 2. The van der Waals surface area contributed by atoms with Gasteiger partial charge in [0.1, 0.15) is 5.41 Å². The molecule has 0 heterocycles. The minimum Gasteiger partial charge on any atom is -0.466 e. The van der Waals surface area contributed by atoms with Crippen LogP contribution in [0.4, 0.5) is 0 Å². The lowest BCUT2D eigenvalue weighted by atomic mass is 9.73. The first kappa shape index (κ1) is 15.9. The highest BCUT2D eigenvalue weighted by atomic mass is 79.9. The first-order valence-corrected chi connectivity index (χ1v) is 7.07. The van der Waals surface area contributed by atoms with Crippen molar-refractivity contribution < 1.29 is 23.9 Å². The number of halogens is 1. The van der Waals surface area contributed by atoms with Crippen LogP contribution in [0.2, 0.25) is 0 Å². The third kappa shape index (κ3) is 3.65. The molecule has 0 N–H and O–H groups in total. The molecule has 106 valence electrons. The van der Waals surface area contributed by atoms with Crippen molar-refractivity contribution in [3.05, 3.63) is 12.2 Å². The van der Waals surface area contributed by atoms with Crippen molar-refractivity contribution in [2.24, 2.45) is 5.41 Å². The molecule has 0 aromatic heterocycles. The second-order valence-corrected chi connectivity index (χ2v) is 5.40. The molecule has 5 nitrogen and oxygen atoms in total. The molecular formula is C13H17BrO5. The van der Waals surface area contributed by atoms with E-state index in [4.69, 9.17) is 9.47 Å². The molecule has 1 aliphatic rings. The second-order valence-electron chi connectivity index (χ2n) is 4.23. The molecular weight excluding hydrogens is 316 g/mol. The summed E-state index contributed by atoms with van der Waals surface area (Å²) in [5.41, 5.74) is -1.47. The monoisotopic (exact) mass is 332 g/mol. The van der Waals surface area contributed by atoms with Crippen LogP contribution in [0.1, 0.15) is 26.7 Å². The molecule has 6 heteroatoms. The summed E-state index contributed by atoms with van der Waals surface area (Å²) in [5, 5.41) is 0. The summed E-state index contributed by atoms with van der Waals surface area (Å²) in [6.45, 7) is 3.70. The van der Waals surface area contributed by atoms with E-state index in [-0.39, 0.29) is 30.9 Å². The highest BCUT2D eigenvalue weighted by molar-refractivity contribution is 9.09. The zero-order chi connectivity index (χ0) is 14.5. The van der Waals surface area contributed by atoms with Crippen LogP contribution in [0, 0.1) is 5.41 Å². The SMILES string of the molecule is CCOC(=O)CC1(C(=O)OCC)CC(Br)C=CC1=O. The molecule has 0 spiro atoms. The van der Waals surface area contributed by atoms with Crippen LogP contribution in [0.3, 0.4) is 0 Å². The highest BCUT2D eigenvalue weighted by Gasteiger charge is 2.50. The van der Waals surface area contributed by atoms with Crippen LogP contribution in [-0.4, -0.2) is 35.8 Å². The van der Waals surface area contributed by atoms with Gasteiger partial charge in [-0.1, -0.05) is 22.0 Å². The van der Waals surface area contributed by atoms with Gasteiger partial charge < -0.3 is 9.47 Å². The minimum atomic E-state index is -1.47. The van der Waals surface area contributed by atoms with E-state index < -0.39 is 23.1 Å². The lowest BCUT2D eigenvalue weighted by Crippen LogP contribution is -2.45. The highest BCUT2D eigenvalue weighted by Crippen LogP contribution is 2.38. The van der Waals surface area contributed by atoms with Crippen LogP contribution in [0.5, 0.6) is 0 Å². The predicted molar refractivity (Wildman–Crippen MR) is 71.8 cm³/mol. The fraction of sp³-hybridized carbons (Fsp3) is 0.615. The van der Waals surface area contributed by atoms with Crippen LogP contribution >= 0.6 is 15.9 Å². The molecule has 0 aliphatic heterocycles. The summed E-state index contributed by atoms with van der Waals surface area (Å²) < 4.78 is 9.80. The Morgan fingerprint density at radius 3 is 2.58 bits per heavy atom. The largest absolute Gasteiger partial charge is 0.466 e. The third-order valence-electron chi connectivity index (χ3n) is 2.89. The Balaban J connectivity index is 3.03. The molecule has 0 fully saturated rings. The van der Waals surface area contributed by atoms with Crippen LogP contribution < -0.4 is 0 Å². The third-order valence-corrected chi connectivity index (χ3v) is 3.52. The molecule has 2 unspecified atom stereocenters. The van der Waals surface area contributed by atoms with E-state index in [0.29, 0.717) is 0 Å². The number of rotatable bonds is 5. The lowest BCUT2D eigenvalue weighted by Gasteiger charge is -2.31. The maximum atomic E-state index is 12.1. The number of alkyl halides is 1. The number of hydrogen-bond donors (Lipinski definition) is 0. The van der Waals surface area contributed by atoms with Crippen molar-refractivity contribution in [2.75, 3.05) is 13.2 Å². The van der Waals surface area contributed by atoms with Gasteiger partial charge in [0, 0.05) is 4.83 Å². The molecule has 0 saturated carbocycles. The summed E-state index contributed by atoms with van der Waals surface area (Å²) in [5.74, 6) is -1.64. The fourth-order valence-electron chi connectivity index (χ4n) is 2.00. The Bertz CT molecular complexity index is 404. The molecule has 19 heavy (non-hydrogen) atoms. The van der Waals surface area contributed by atoms with E-state index in [1.165, 1.54) is 6.08 Å². The normalized spacial score (nSPS) is 26.1. The van der Waals surface area contributed by atoms with Crippen molar-refractivity contribution in [3.63, 3.8) is 0 Å². The first-order chi connectivity index (χ1) is 8.96. The van der Waals surface area contributed by atoms with Gasteiger partial charge >= 0.3 is 11.9 Å². The number of carbonyl (C=O) groups excluding carboxylic acids is 3. The molecule has 0 bridgehead atoms. The summed E-state index contributed by atoms with van der Waals surface area (Å²) in [6, 6.07) is 0. The standard InChI is InChI=1S/C13H17BrO5/c1-3-18-11(16)8-13(12(17)19-4-2)7-9(14)5-6-10(13)15/h5-6,9H,3-4,7-8H2,1-2H3. The average molecular weight is 333 g/mol. The number of ketones is 1. The maximum absolute atomic E-state index is 12.1. The van der Waals surface area contributed by atoms with Gasteiger partial charge in [0.15, 0.2) is 5.78 Å². The van der Waals surface area contributed by atoms with E-state index in [1.54, 1.807) is 19.9 Å². The number of carbonyl (C=O) groups is 3. The Morgan fingerprint density at radius 2 is 2.00 bits per heavy atom. The Labute approximate surface area is 120 Å². The lowest BCUT2D eigenvalue weighted by molar-refractivity contribution is -0.166. The van der Waals surface area contributed by atoms with Gasteiger partial charge in [-0.3, -0.25) is 14.4 Å². The van der Waals surface area contributed by atoms with Crippen LogP contribution in [0.25, 0.3) is 0 Å². The Morgan fingerprint density at radius 1 is 1.37 bits per heavy atom. The molecule has 0 amide bonds. The zero-order valence-corrected chi connectivity index (χ0v) is 12.6. The molecule has 1 rings (SSSR count). The van der Waals surface area contributed by atoms with Gasteiger partial charge in [0.2, 0.25) is 0 Å². The van der Waals surface area contributed by atoms with Gasteiger partial charge in [0.05, 0.1) is 19.6 Å². The minimum absolute atomic E-state index is 0.149. The maximum Gasteiger partial charge on any atom is 0.320 e. The van der Waals surface area contributed by atoms with E-state index in [9.17, 15) is 14.4 Å². The summed E-state index contributed by atoms with van der Waals surface area (Å²) in [6.07, 6.45) is 2.88. The van der Waals surface area contributed by atoms with Gasteiger partial charge in [-0.25, -0.2) is 0 Å². The van der Waals surface area contributed by atoms with E-state index in [2.05, 4.69) is 15.9 Å². The summed E-state index contributed by atoms with van der Waals surface area (Å²) in [7, 11) is 0. The topological polar surface area (TPSA) is 69.7 Å². The van der Waals surface area contributed by atoms with Crippen molar-refractivity contribution in [1.29, 1.82) is 0 Å². The van der Waals surface area contributed by atoms with E-state index >= 15 is 0 Å².